The summed E-state index contributed by atoms with van der Waals surface area (Å²) >= 11 is 12.2. The highest BCUT2D eigenvalue weighted by Crippen LogP contribution is 2.29. The molecule has 1 saturated heterocycles. The van der Waals surface area contributed by atoms with Crippen molar-refractivity contribution in [2.24, 2.45) is 0 Å². The molecule has 1 aliphatic heterocycles. The molecule has 6 heteroatoms. The molecule has 0 radical (unpaired) electrons. The number of nitrogens with zero attached hydrogens (tertiary/aromatic N) is 4. The highest BCUT2D eigenvalue weighted by Gasteiger charge is 2.28. The van der Waals surface area contributed by atoms with E-state index in [2.05, 4.69) is 34.0 Å². The second-order valence-electron chi connectivity index (χ2n) is 6.36. The summed E-state index contributed by atoms with van der Waals surface area (Å²) in [6, 6.07) is 10.6. The normalized spacial score (nSPS) is 19.0. The Labute approximate surface area is 153 Å². The quantitative estimate of drug-likeness (QED) is 0.784. The minimum Gasteiger partial charge on any atom is -0.351 e. The standard InChI is InChI=1S/C18H22Cl2N4/c1-13(14-7-8-16(19)17(20)11-14)23(2)12-15-5-4-10-24(15)18-6-3-9-21-22-18/h3,6-9,11,13,15H,4-5,10,12H2,1-2H3. The highest BCUT2D eigenvalue weighted by molar-refractivity contribution is 6.42. The van der Waals surface area contributed by atoms with Crippen molar-refractivity contribution in [3.05, 3.63) is 52.1 Å². The summed E-state index contributed by atoms with van der Waals surface area (Å²) < 4.78 is 0. The van der Waals surface area contributed by atoms with Crippen molar-refractivity contribution >= 4 is 29.0 Å². The van der Waals surface area contributed by atoms with E-state index in [-0.39, 0.29) is 6.04 Å². The van der Waals surface area contributed by atoms with Gasteiger partial charge in [0.05, 0.1) is 10.0 Å². The predicted molar refractivity (Wildman–Crippen MR) is 99.9 cm³/mol. The van der Waals surface area contributed by atoms with Gasteiger partial charge in [0.25, 0.3) is 0 Å². The van der Waals surface area contributed by atoms with Crippen LogP contribution in [0.3, 0.4) is 0 Å². The van der Waals surface area contributed by atoms with Crippen molar-refractivity contribution in [1.29, 1.82) is 0 Å². The average Bonchev–Trinajstić information content (AvgIpc) is 3.05. The van der Waals surface area contributed by atoms with Crippen LogP contribution in [-0.4, -0.2) is 41.3 Å². The third kappa shape index (κ3) is 3.82. The summed E-state index contributed by atoms with van der Waals surface area (Å²) in [5.74, 6) is 0.968. The van der Waals surface area contributed by atoms with Crippen molar-refractivity contribution in [3.8, 4) is 0 Å². The summed E-state index contributed by atoms with van der Waals surface area (Å²) in [6.45, 7) is 4.21. The van der Waals surface area contributed by atoms with Gasteiger partial charge in [-0.05, 0) is 56.6 Å². The lowest BCUT2D eigenvalue weighted by atomic mass is 10.1. The Morgan fingerprint density at radius 1 is 1.29 bits per heavy atom. The van der Waals surface area contributed by atoms with Crippen LogP contribution in [0.4, 0.5) is 5.82 Å². The fraction of sp³-hybridized carbons (Fsp3) is 0.444. The first-order chi connectivity index (χ1) is 11.6. The maximum Gasteiger partial charge on any atom is 0.151 e. The molecule has 2 heterocycles. The minimum atomic E-state index is 0.268. The van der Waals surface area contributed by atoms with Crippen LogP contribution in [-0.2, 0) is 0 Å². The molecule has 1 aliphatic rings. The second-order valence-corrected chi connectivity index (χ2v) is 7.17. The van der Waals surface area contributed by atoms with Crippen LogP contribution < -0.4 is 4.90 Å². The Hall–Kier alpha value is -1.36. The number of halogens is 2. The molecule has 0 spiro atoms. The molecule has 2 atom stereocenters. The largest absolute Gasteiger partial charge is 0.351 e. The summed E-state index contributed by atoms with van der Waals surface area (Å²) in [7, 11) is 2.15. The molecular formula is C18H22Cl2N4. The third-order valence-corrected chi connectivity index (χ3v) is 5.55. The van der Waals surface area contributed by atoms with E-state index >= 15 is 0 Å². The zero-order valence-electron chi connectivity index (χ0n) is 14.0. The van der Waals surface area contributed by atoms with Crippen LogP contribution >= 0.6 is 23.2 Å². The predicted octanol–water partition coefficient (Wildman–Crippen LogP) is 4.45. The van der Waals surface area contributed by atoms with Crippen molar-refractivity contribution in [1.82, 2.24) is 15.1 Å². The molecule has 2 unspecified atom stereocenters. The smallest absolute Gasteiger partial charge is 0.151 e. The maximum absolute atomic E-state index is 6.16. The van der Waals surface area contributed by atoms with Gasteiger partial charge >= 0.3 is 0 Å². The molecule has 3 rings (SSSR count). The van der Waals surface area contributed by atoms with Crippen molar-refractivity contribution in [2.75, 3.05) is 25.0 Å². The zero-order chi connectivity index (χ0) is 17.1. The minimum absolute atomic E-state index is 0.268. The number of benzene rings is 1. The van der Waals surface area contributed by atoms with Crippen LogP contribution in [0, 0.1) is 0 Å². The highest BCUT2D eigenvalue weighted by atomic mass is 35.5. The first-order valence-electron chi connectivity index (χ1n) is 8.26. The number of hydrogen-bond donors (Lipinski definition) is 0. The Balaban J connectivity index is 1.69. The van der Waals surface area contributed by atoms with Gasteiger partial charge in [-0.1, -0.05) is 29.3 Å². The van der Waals surface area contributed by atoms with Crippen molar-refractivity contribution < 1.29 is 0 Å². The van der Waals surface area contributed by atoms with Gasteiger partial charge in [0, 0.05) is 31.4 Å². The number of rotatable bonds is 5. The molecule has 24 heavy (non-hydrogen) atoms. The Morgan fingerprint density at radius 3 is 2.83 bits per heavy atom. The summed E-state index contributed by atoms with van der Waals surface area (Å²) in [5, 5.41) is 9.48. The lowest BCUT2D eigenvalue weighted by molar-refractivity contribution is 0.245. The fourth-order valence-corrected chi connectivity index (χ4v) is 3.60. The van der Waals surface area contributed by atoms with E-state index in [1.54, 1.807) is 6.20 Å². The van der Waals surface area contributed by atoms with Crippen LogP contribution in [0.1, 0.15) is 31.4 Å². The molecular weight excluding hydrogens is 343 g/mol. The van der Waals surface area contributed by atoms with E-state index in [4.69, 9.17) is 23.2 Å². The van der Waals surface area contributed by atoms with Crippen LogP contribution in [0.25, 0.3) is 0 Å². The molecule has 0 aliphatic carbocycles. The first-order valence-corrected chi connectivity index (χ1v) is 9.01. The lowest BCUT2D eigenvalue weighted by Gasteiger charge is -2.32. The molecule has 1 fully saturated rings. The SMILES string of the molecule is CC(c1ccc(Cl)c(Cl)c1)N(C)CC1CCCN1c1cccnn1. The van der Waals surface area contributed by atoms with E-state index < -0.39 is 0 Å². The molecule has 128 valence electrons. The van der Waals surface area contributed by atoms with E-state index in [0.29, 0.717) is 16.1 Å². The molecule has 1 aromatic carbocycles. The lowest BCUT2D eigenvalue weighted by Crippen LogP contribution is -2.40. The fourth-order valence-electron chi connectivity index (χ4n) is 3.29. The van der Waals surface area contributed by atoms with E-state index in [1.807, 2.05) is 30.3 Å². The van der Waals surface area contributed by atoms with Gasteiger partial charge in [-0.2, -0.15) is 5.10 Å². The third-order valence-electron chi connectivity index (χ3n) is 4.82. The molecule has 0 N–H and O–H groups in total. The van der Waals surface area contributed by atoms with E-state index in [0.717, 1.165) is 18.9 Å². The van der Waals surface area contributed by atoms with E-state index in [9.17, 15) is 0 Å². The van der Waals surface area contributed by atoms with Crippen molar-refractivity contribution in [2.45, 2.75) is 31.8 Å². The Bertz CT molecular complexity index is 680. The summed E-state index contributed by atoms with van der Waals surface area (Å²) in [5.41, 5.74) is 1.18. The van der Waals surface area contributed by atoms with E-state index in [1.165, 1.54) is 18.4 Å². The molecule has 0 saturated carbocycles. The zero-order valence-corrected chi connectivity index (χ0v) is 15.5. The Kier molecular flexibility index (Phi) is 5.59. The Morgan fingerprint density at radius 2 is 2.12 bits per heavy atom. The maximum atomic E-state index is 6.16. The molecule has 1 aromatic heterocycles. The summed E-state index contributed by atoms with van der Waals surface area (Å²) in [4.78, 5) is 4.73. The van der Waals surface area contributed by atoms with Gasteiger partial charge in [-0.25, -0.2) is 0 Å². The van der Waals surface area contributed by atoms with Gasteiger partial charge in [0.15, 0.2) is 5.82 Å². The number of aromatic nitrogens is 2. The molecule has 4 nitrogen and oxygen atoms in total. The van der Waals surface area contributed by atoms with Gasteiger partial charge in [0.1, 0.15) is 0 Å². The monoisotopic (exact) mass is 364 g/mol. The summed E-state index contributed by atoms with van der Waals surface area (Å²) in [6.07, 6.45) is 4.08. The van der Waals surface area contributed by atoms with Crippen LogP contribution in [0.5, 0.6) is 0 Å². The molecule has 0 bridgehead atoms. The van der Waals surface area contributed by atoms with Crippen LogP contribution in [0.15, 0.2) is 36.5 Å². The topological polar surface area (TPSA) is 32.3 Å². The molecule has 0 amide bonds. The number of likely N-dealkylation sites (N-methyl/N-ethyl adjacent to an activating group) is 1. The second kappa shape index (κ2) is 7.68. The van der Waals surface area contributed by atoms with Crippen molar-refractivity contribution in [3.63, 3.8) is 0 Å². The molecule has 2 aromatic rings. The average molecular weight is 365 g/mol. The van der Waals surface area contributed by atoms with Gasteiger partial charge in [-0.3, -0.25) is 4.90 Å². The van der Waals surface area contributed by atoms with Gasteiger partial charge in [-0.15, -0.1) is 5.10 Å². The number of anilines is 1. The first kappa shape index (κ1) is 17.5. The van der Waals surface area contributed by atoms with Gasteiger partial charge < -0.3 is 4.90 Å². The van der Waals surface area contributed by atoms with Crippen LogP contribution in [0.2, 0.25) is 10.0 Å². The van der Waals surface area contributed by atoms with Gasteiger partial charge in [0.2, 0.25) is 0 Å². The number of hydrogen-bond acceptors (Lipinski definition) is 4.